The van der Waals surface area contributed by atoms with Crippen molar-refractivity contribution >= 4 is 23.2 Å². The standard InChI is InChI=1S/C14H21ClN2O3/c1-8(2)10(16)6-14(18)17-11-7-12(19-3)9(15)5-13(11)20-4/h5,7-8,10H,6,16H2,1-4H3,(H,17,18). The van der Waals surface area contributed by atoms with Gasteiger partial charge in [-0.3, -0.25) is 4.79 Å². The number of methoxy groups -OCH3 is 2. The van der Waals surface area contributed by atoms with Crippen LogP contribution in [0.25, 0.3) is 0 Å². The molecule has 20 heavy (non-hydrogen) atoms. The van der Waals surface area contributed by atoms with Crippen LogP contribution in [0.2, 0.25) is 5.02 Å². The zero-order valence-electron chi connectivity index (χ0n) is 12.2. The molecule has 0 heterocycles. The third kappa shape index (κ3) is 4.28. The molecule has 0 aliphatic rings. The van der Waals surface area contributed by atoms with Crippen molar-refractivity contribution in [2.75, 3.05) is 19.5 Å². The lowest BCUT2D eigenvalue weighted by Gasteiger charge is -2.17. The molecule has 0 spiro atoms. The fourth-order valence-electron chi connectivity index (χ4n) is 1.61. The smallest absolute Gasteiger partial charge is 0.226 e. The van der Waals surface area contributed by atoms with E-state index in [1.165, 1.54) is 14.2 Å². The normalized spacial score (nSPS) is 12.2. The van der Waals surface area contributed by atoms with Crippen LogP contribution in [0.5, 0.6) is 11.5 Å². The Morgan fingerprint density at radius 1 is 1.30 bits per heavy atom. The molecule has 1 amide bonds. The number of hydrogen-bond acceptors (Lipinski definition) is 4. The van der Waals surface area contributed by atoms with Gasteiger partial charge < -0.3 is 20.5 Å². The summed E-state index contributed by atoms with van der Waals surface area (Å²) in [4.78, 5) is 12.0. The Labute approximate surface area is 124 Å². The van der Waals surface area contributed by atoms with E-state index in [-0.39, 0.29) is 24.3 Å². The number of ether oxygens (including phenoxy) is 2. The van der Waals surface area contributed by atoms with Crippen molar-refractivity contribution in [2.24, 2.45) is 11.7 Å². The minimum absolute atomic E-state index is 0.172. The number of hydrogen-bond donors (Lipinski definition) is 2. The van der Waals surface area contributed by atoms with Crippen LogP contribution < -0.4 is 20.5 Å². The van der Waals surface area contributed by atoms with E-state index in [2.05, 4.69) is 5.32 Å². The summed E-state index contributed by atoms with van der Waals surface area (Å²) in [5.74, 6) is 1.01. The number of nitrogens with one attached hydrogen (secondary N) is 1. The summed E-state index contributed by atoms with van der Waals surface area (Å²) in [6.45, 7) is 3.95. The van der Waals surface area contributed by atoms with Gasteiger partial charge in [0.15, 0.2) is 0 Å². The quantitative estimate of drug-likeness (QED) is 0.847. The molecule has 5 nitrogen and oxygen atoms in total. The Morgan fingerprint density at radius 3 is 2.40 bits per heavy atom. The summed E-state index contributed by atoms with van der Waals surface area (Å²) < 4.78 is 10.3. The van der Waals surface area contributed by atoms with Crippen molar-refractivity contribution in [3.63, 3.8) is 0 Å². The van der Waals surface area contributed by atoms with Crippen LogP contribution in [0.15, 0.2) is 12.1 Å². The fraction of sp³-hybridized carbons (Fsp3) is 0.500. The number of anilines is 1. The van der Waals surface area contributed by atoms with Crippen molar-refractivity contribution in [1.29, 1.82) is 0 Å². The number of benzene rings is 1. The van der Waals surface area contributed by atoms with Crippen LogP contribution in [0.4, 0.5) is 5.69 Å². The SMILES string of the molecule is COc1cc(NC(=O)CC(N)C(C)C)c(OC)cc1Cl. The summed E-state index contributed by atoms with van der Waals surface area (Å²) in [6, 6.07) is 3.04. The highest BCUT2D eigenvalue weighted by Gasteiger charge is 2.16. The molecule has 1 aromatic carbocycles. The summed E-state index contributed by atoms with van der Waals surface area (Å²) in [5.41, 5.74) is 6.39. The summed E-state index contributed by atoms with van der Waals surface area (Å²) in [6.07, 6.45) is 0.242. The first-order valence-corrected chi connectivity index (χ1v) is 6.73. The fourth-order valence-corrected chi connectivity index (χ4v) is 1.84. The first-order chi connectivity index (χ1) is 9.38. The second-order valence-corrected chi connectivity index (χ2v) is 5.25. The maximum Gasteiger partial charge on any atom is 0.226 e. The van der Waals surface area contributed by atoms with Crippen LogP contribution in [0.3, 0.4) is 0 Å². The predicted molar refractivity (Wildman–Crippen MR) is 80.6 cm³/mol. The van der Waals surface area contributed by atoms with Gasteiger partial charge in [0.05, 0.1) is 24.9 Å². The molecular weight excluding hydrogens is 280 g/mol. The van der Waals surface area contributed by atoms with Gasteiger partial charge in [-0.05, 0) is 5.92 Å². The topological polar surface area (TPSA) is 73.6 Å². The molecule has 1 atom stereocenters. The number of carbonyl (C=O) groups excluding carboxylic acids is 1. The average Bonchev–Trinajstić information content (AvgIpc) is 2.39. The third-order valence-electron chi connectivity index (χ3n) is 3.03. The molecule has 1 aromatic rings. The predicted octanol–water partition coefficient (Wildman–Crippen LogP) is 2.67. The summed E-state index contributed by atoms with van der Waals surface area (Å²) in [5, 5.41) is 3.18. The molecule has 0 saturated heterocycles. The van der Waals surface area contributed by atoms with E-state index >= 15 is 0 Å². The Kier molecular flexibility index (Phi) is 6.10. The van der Waals surface area contributed by atoms with E-state index < -0.39 is 0 Å². The van der Waals surface area contributed by atoms with Gasteiger partial charge >= 0.3 is 0 Å². The lowest BCUT2D eigenvalue weighted by molar-refractivity contribution is -0.116. The molecule has 0 aromatic heterocycles. The van der Waals surface area contributed by atoms with Crippen molar-refractivity contribution in [1.82, 2.24) is 0 Å². The number of halogens is 1. The van der Waals surface area contributed by atoms with E-state index in [4.69, 9.17) is 26.8 Å². The molecule has 6 heteroatoms. The number of nitrogens with two attached hydrogens (primary N) is 1. The average molecular weight is 301 g/mol. The highest BCUT2D eigenvalue weighted by Crippen LogP contribution is 2.35. The van der Waals surface area contributed by atoms with Gasteiger partial charge in [-0.15, -0.1) is 0 Å². The lowest BCUT2D eigenvalue weighted by atomic mass is 10.0. The van der Waals surface area contributed by atoms with Gasteiger partial charge in [-0.1, -0.05) is 25.4 Å². The highest BCUT2D eigenvalue weighted by molar-refractivity contribution is 6.32. The van der Waals surface area contributed by atoms with Crippen molar-refractivity contribution in [3.05, 3.63) is 17.2 Å². The monoisotopic (exact) mass is 300 g/mol. The van der Waals surface area contributed by atoms with Gasteiger partial charge in [0, 0.05) is 24.6 Å². The molecule has 0 fully saturated rings. The first-order valence-electron chi connectivity index (χ1n) is 6.36. The van der Waals surface area contributed by atoms with E-state index in [0.717, 1.165) is 0 Å². The van der Waals surface area contributed by atoms with Crippen molar-refractivity contribution in [2.45, 2.75) is 26.3 Å². The maximum absolute atomic E-state index is 12.0. The lowest BCUT2D eigenvalue weighted by Crippen LogP contribution is -2.31. The molecule has 1 rings (SSSR count). The van der Waals surface area contributed by atoms with E-state index in [9.17, 15) is 4.79 Å². The number of carbonyl (C=O) groups is 1. The number of amides is 1. The summed E-state index contributed by atoms with van der Waals surface area (Å²) >= 11 is 6.00. The molecule has 0 radical (unpaired) electrons. The molecule has 0 saturated carbocycles. The van der Waals surface area contributed by atoms with Crippen LogP contribution in [-0.4, -0.2) is 26.2 Å². The van der Waals surface area contributed by atoms with E-state index in [1.54, 1.807) is 12.1 Å². The minimum atomic E-state index is -0.185. The minimum Gasteiger partial charge on any atom is -0.495 e. The van der Waals surface area contributed by atoms with Gasteiger partial charge in [-0.25, -0.2) is 0 Å². The number of rotatable bonds is 6. The molecule has 0 bridgehead atoms. The Morgan fingerprint density at radius 2 is 1.90 bits per heavy atom. The highest BCUT2D eigenvalue weighted by atomic mass is 35.5. The van der Waals surface area contributed by atoms with Crippen LogP contribution in [0.1, 0.15) is 20.3 Å². The second kappa shape index (κ2) is 7.36. The largest absolute Gasteiger partial charge is 0.495 e. The van der Waals surface area contributed by atoms with Crippen LogP contribution >= 0.6 is 11.6 Å². The van der Waals surface area contributed by atoms with Gasteiger partial charge in [0.2, 0.25) is 5.91 Å². The van der Waals surface area contributed by atoms with Crippen molar-refractivity contribution < 1.29 is 14.3 Å². The Bertz CT molecular complexity index is 478. The second-order valence-electron chi connectivity index (χ2n) is 4.85. The molecule has 0 aliphatic carbocycles. The van der Waals surface area contributed by atoms with Gasteiger partial charge in [0.25, 0.3) is 0 Å². The maximum atomic E-state index is 12.0. The van der Waals surface area contributed by atoms with Gasteiger partial charge in [-0.2, -0.15) is 0 Å². The van der Waals surface area contributed by atoms with Crippen LogP contribution in [0, 0.1) is 5.92 Å². The molecule has 3 N–H and O–H groups in total. The molecule has 0 aliphatic heterocycles. The summed E-state index contributed by atoms with van der Waals surface area (Å²) in [7, 11) is 3.02. The zero-order valence-corrected chi connectivity index (χ0v) is 13.0. The van der Waals surface area contributed by atoms with E-state index in [0.29, 0.717) is 22.2 Å². The van der Waals surface area contributed by atoms with Crippen molar-refractivity contribution in [3.8, 4) is 11.5 Å². The first kappa shape index (κ1) is 16.6. The third-order valence-corrected chi connectivity index (χ3v) is 3.32. The zero-order chi connectivity index (χ0) is 15.3. The molecule has 1 unspecified atom stereocenters. The van der Waals surface area contributed by atoms with Gasteiger partial charge in [0.1, 0.15) is 11.5 Å². The van der Waals surface area contributed by atoms with E-state index in [1.807, 2.05) is 13.8 Å². The van der Waals surface area contributed by atoms with Crippen LogP contribution in [-0.2, 0) is 4.79 Å². The molecular formula is C14H21ClN2O3. The molecule has 112 valence electrons. The Balaban J connectivity index is 2.88. The Hall–Kier alpha value is -1.46.